The maximum Gasteiger partial charge on any atom is 0.130 e. The first kappa shape index (κ1) is 14.3. The zero-order valence-electron chi connectivity index (χ0n) is 12.1. The summed E-state index contributed by atoms with van der Waals surface area (Å²) < 4.78 is 5.93. The number of para-hydroxylation sites is 1. The zero-order valence-corrected chi connectivity index (χ0v) is 12.1. The highest BCUT2D eigenvalue weighted by Crippen LogP contribution is 2.21. The Balaban J connectivity index is 2.06. The van der Waals surface area contributed by atoms with Crippen molar-refractivity contribution in [1.29, 1.82) is 0 Å². The zero-order chi connectivity index (χ0) is 14.4. The molecule has 0 saturated carbocycles. The lowest BCUT2D eigenvalue weighted by atomic mass is 10.1. The standard InChI is InChI=1S/C18H20O2/c1-14-7-3-4-9-17(14)13-20-18-10-6-5-8-16(18)12-11-15(2)19/h3-10H,11-13H2,1-2H3. The van der Waals surface area contributed by atoms with E-state index in [-0.39, 0.29) is 5.78 Å². The third-order valence-corrected chi connectivity index (χ3v) is 3.36. The van der Waals surface area contributed by atoms with E-state index in [1.54, 1.807) is 6.92 Å². The number of ketones is 1. The van der Waals surface area contributed by atoms with Crippen LogP contribution in [0, 0.1) is 6.92 Å². The van der Waals surface area contributed by atoms with E-state index in [0.717, 1.165) is 17.7 Å². The van der Waals surface area contributed by atoms with Crippen molar-refractivity contribution < 1.29 is 9.53 Å². The molecule has 2 heteroatoms. The van der Waals surface area contributed by atoms with Crippen molar-refractivity contribution in [3.8, 4) is 5.75 Å². The summed E-state index contributed by atoms with van der Waals surface area (Å²) in [4.78, 5) is 11.1. The van der Waals surface area contributed by atoms with Crippen molar-refractivity contribution in [2.75, 3.05) is 0 Å². The minimum Gasteiger partial charge on any atom is -0.489 e. The van der Waals surface area contributed by atoms with Gasteiger partial charge in [-0.3, -0.25) is 0 Å². The number of Topliss-reactive ketones (excluding diaryl/α,β-unsaturated/α-hetero) is 1. The van der Waals surface area contributed by atoms with Crippen LogP contribution in [0.1, 0.15) is 30.0 Å². The fraction of sp³-hybridized carbons (Fsp3) is 0.278. The van der Waals surface area contributed by atoms with Gasteiger partial charge in [0.05, 0.1) is 0 Å². The van der Waals surface area contributed by atoms with E-state index >= 15 is 0 Å². The van der Waals surface area contributed by atoms with Gasteiger partial charge < -0.3 is 9.53 Å². The van der Waals surface area contributed by atoms with E-state index in [1.165, 1.54) is 11.1 Å². The van der Waals surface area contributed by atoms with E-state index in [2.05, 4.69) is 19.1 Å². The van der Waals surface area contributed by atoms with Crippen molar-refractivity contribution in [3.05, 3.63) is 65.2 Å². The molecule has 0 spiro atoms. The summed E-state index contributed by atoms with van der Waals surface area (Å²) in [5.41, 5.74) is 3.51. The summed E-state index contributed by atoms with van der Waals surface area (Å²) >= 11 is 0. The molecular weight excluding hydrogens is 248 g/mol. The maximum absolute atomic E-state index is 11.1. The number of carbonyl (C=O) groups excluding carboxylic acids is 1. The number of hydrogen-bond acceptors (Lipinski definition) is 2. The summed E-state index contributed by atoms with van der Waals surface area (Å²) in [6.07, 6.45) is 1.30. The Morgan fingerprint density at radius 3 is 2.35 bits per heavy atom. The minimum absolute atomic E-state index is 0.207. The molecule has 0 aliphatic heterocycles. The molecule has 0 N–H and O–H groups in total. The molecule has 0 bridgehead atoms. The molecule has 20 heavy (non-hydrogen) atoms. The van der Waals surface area contributed by atoms with Crippen molar-refractivity contribution in [2.45, 2.75) is 33.3 Å². The Morgan fingerprint density at radius 1 is 1.00 bits per heavy atom. The van der Waals surface area contributed by atoms with Gasteiger partial charge in [-0.1, -0.05) is 42.5 Å². The molecule has 0 aliphatic rings. The molecule has 0 unspecified atom stereocenters. The number of hydrogen-bond donors (Lipinski definition) is 0. The minimum atomic E-state index is 0.207. The van der Waals surface area contributed by atoms with E-state index in [1.807, 2.05) is 36.4 Å². The van der Waals surface area contributed by atoms with E-state index in [0.29, 0.717) is 13.0 Å². The van der Waals surface area contributed by atoms with Gasteiger partial charge in [0.25, 0.3) is 0 Å². The van der Waals surface area contributed by atoms with Gasteiger partial charge in [0.15, 0.2) is 0 Å². The van der Waals surface area contributed by atoms with E-state index in [9.17, 15) is 4.79 Å². The Hall–Kier alpha value is -2.09. The second-order valence-electron chi connectivity index (χ2n) is 5.02. The average Bonchev–Trinajstić information content (AvgIpc) is 2.45. The lowest BCUT2D eigenvalue weighted by Gasteiger charge is -2.12. The van der Waals surface area contributed by atoms with Crippen LogP contribution in [0.25, 0.3) is 0 Å². The highest BCUT2D eigenvalue weighted by molar-refractivity contribution is 5.75. The SMILES string of the molecule is CC(=O)CCc1ccccc1OCc1ccccc1C. The number of benzene rings is 2. The first-order valence-electron chi connectivity index (χ1n) is 6.91. The van der Waals surface area contributed by atoms with Gasteiger partial charge in [0.1, 0.15) is 18.1 Å². The van der Waals surface area contributed by atoms with Crippen LogP contribution in [0.4, 0.5) is 0 Å². The smallest absolute Gasteiger partial charge is 0.130 e. The summed E-state index contributed by atoms with van der Waals surface area (Å²) in [5.74, 6) is 1.08. The van der Waals surface area contributed by atoms with Gasteiger partial charge >= 0.3 is 0 Å². The molecule has 2 rings (SSSR count). The normalized spacial score (nSPS) is 10.3. The topological polar surface area (TPSA) is 26.3 Å². The summed E-state index contributed by atoms with van der Waals surface area (Å²) in [7, 11) is 0. The molecule has 0 heterocycles. The lowest BCUT2D eigenvalue weighted by Crippen LogP contribution is -2.01. The fourth-order valence-electron chi connectivity index (χ4n) is 2.09. The summed E-state index contributed by atoms with van der Waals surface area (Å²) in [5, 5.41) is 0. The Morgan fingerprint density at radius 2 is 1.65 bits per heavy atom. The first-order chi connectivity index (χ1) is 9.66. The number of rotatable bonds is 6. The molecule has 0 fully saturated rings. The largest absolute Gasteiger partial charge is 0.489 e. The van der Waals surface area contributed by atoms with Gasteiger partial charge in [0.2, 0.25) is 0 Å². The Labute approximate surface area is 120 Å². The van der Waals surface area contributed by atoms with Crippen LogP contribution in [-0.2, 0) is 17.8 Å². The fourth-order valence-corrected chi connectivity index (χ4v) is 2.09. The molecule has 0 aliphatic carbocycles. The van der Waals surface area contributed by atoms with E-state index in [4.69, 9.17) is 4.74 Å². The van der Waals surface area contributed by atoms with Gasteiger partial charge in [-0.05, 0) is 43.0 Å². The van der Waals surface area contributed by atoms with Crippen LogP contribution in [-0.4, -0.2) is 5.78 Å². The molecule has 2 aromatic rings. The molecule has 2 nitrogen and oxygen atoms in total. The van der Waals surface area contributed by atoms with Crippen molar-refractivity contribution in [3.63, 3.8) is 0 Å². The number of carbonyl (C=O) groups is 1. The molecule has 0 amide bonds. The van der Waals surface area contributed by atoms with Crippen LogP contribution < -0.4 is 4.74 Å². The maximum atomic E-state index is 11.1. The number of ether oxygens (including phenoxy) is 1. The number of aryl methyl sites for hydroxylation is 2. The summed E-state index contributed by atoms with van der Waals surface area (Å²) in [6, 6.07) is 16.1. The van der Waals surface area contributed by atoms with Crippen LogP contribution in [0.2, 0.25) is 0 Å². The second kappa shape index (κ2) is 6.90. The molecule has 104 valence electrons. The molecular formula is C18H20O2. The highest BCUT2D eigenvalue weighted by Gasteiger charge is 2.05. The molecule has 0 radical (unpaired) electrons. The molecule has 0 aromatic heterocycles. The summed E-state index contributed by atoms with van der Waals surface area (Å²) in [6.45, 7) is 4.26. The van der Waals surface area contributed by atoms with Crippen LogP contribution in [0.15, 0.2) is 48.5 Å². The van der Waals surface area contributed by atoms with Crippen molar-refractivity contribution in [1.82, 2.24) is 0 Å². The highest BCUT2D eigenvalue weighted by atomic mass is 16.5. The third-order valence-electron chi connectivity index (χ3n) is 3.36. The molecule has 0 atom stereocenters. The first-order valence-corrected chi connectivity index (χ1v) is 6.91. The predicted octanol–water partition coefficient (Wildman–Crippen LogP) is 4.10. The van der Waals surface area contributed by atoms with E-state index < -0.39 is 0 Å². The van der Waals surface area contributed by atoms with Crippen LogP contribution >= 0.6 is 0 Å². The predicted molar refractivity (Wildman–Crippen MR) is 81.0 cm³/mol. The molecule has 0 saturated heterocycles. The third kappa shape index (κ3) is 3.95. The Kier molecular flexibility index (Phi) is 4.94. The van der Waals surface area contributed by atoms with Gasteiger partial charge in [-0.15, -0.1) is 0 Å². The van der Waals surface area contributed by atoms with Gasteiger partial charge in [-0.25, -0.2) is 0 Å². The van der Waals surface area contributed by atoms with Crippen molar-refractivity contribution in [2.24, 2.45) is 0 Å². The Bertz CT molecular complexity index is 587. The molecule has 2 aromatic carbocycles. The van der Waals surface area contributed by atoms with Crippen LogP contribution in [0.5, 0.6) is 5.75 Å². The van der Waals surface area contributed by atoms with Crippen LogP contribution in [0.3, 0.4) is 0 Å². The van der Waals surface area contributed by atoms with Gasteiger partial charge in [0, 0.05) is 6.42 Å². The van der Waals surface area contributed by atoms with Crippen molar-refractivity contribution >= 4 is 5.78 Å². The monoisotopic (exact) mass is 268 g/mol. The second-order valence-corrected chi connectivity index (χ2v) is 5.02. The lowest BCUT2D eigenvalue weighted by molar-refractivity contribution is -0.116. The van der Waals surface area contributed by atoms with Gasteiger partial charge in [-0.2, -0.15) is 0 Å². The average molecular weight is 268 g/mol. The quantitative estimate of drug-likeness (QED) is 0.788.